The average Bonchev–Trinajstić information content (AvgIpc) is 1.35. The summed E-state index contributed by atoms with van der Waals surface area (Å²) >= 11 is 0. The molecule has 0 saturated carbocycles. The van der Waals surface area contributed by atoms with Crippen LogP contribution in [-0.4, -0.2) is 0 Å². The molecule has 0 saturated heterocycles. The molecule has 8 heavy (non-hydrogen) atoms. The monoisotopic (exact) mass is 118 g/mol. The first-order chi connectivity index (χ1) is 2.77. The number of hydrogen-bond acceptors (Lipinski definition) is 0. The molecule has 0 heterocycles. The van der Waals surface area contributed by atoms with Crippen molar-refractivity contribution in [3.63, 3.8) is 0 Å². The summed E-state index contributed by atoms with van der Waals surface area (Å²) in [6, 6.07) is 0. The zero-order chi connectivity index (χ0) is 4.99. The van der Waals surface area contributed by atoms with Crippen molar-refractivity contribution in [2.45, 2.75) is 48.5 Å². The first-order valence-electron chi connectivity index (χ1n) is 2.77. The van der Waals surface area contributed by atoms with Gasteiger partial charge in [0.15, 0.2) is 0 Å². The van der Waals surface area contributed by atoms with Crippen molar-refractivity contribution in [3.05, 3.63) is 0 Å². The van der Waals surface area contributed by atoms with Crippen LogP contribution in [0, 0.1) is 5.92 Å². The summed E-state index contributed by atoms with van der Waals surface area (Å²) in [6.45, 7) is 6.73. The van der Waals surface area contributed by atoms with Gasteiger partial charge in [-0.05, 0) is 5.92 Å². The van der Waals surface area contributed by atoms with Crippen LogP contribution < -0.4 is 0 Å². The van der Waals surface area contributed by atoms with Crippen LogP contribution >= 0.6 is 0 Å². The molecule has 0 aromatic heterocycles. The van der Waals surface area contributed by atoms with Crippen LogP contribution in [0.4, 0.5) is 0 Å². The van der Waals surface area contributed by atoms with Gasteiger partial charge in [0.2, 0.25) is 0 Å². The summed E-state index contributed by atoms with van der Waals surface area (Å²) in [5, 5.41) is 0. The van der Waals surface area contributed by atoms with Crippen molar-refractivity contribution >= 4 is 0 Å². The van der Waals surface area contributed by atoms with Crippen LogP contribution in [-0.2, 0) is 0 Å². The summed E-state index contributed by atoms with van der Waals surface area (Å²) in [5.41, 5.74) is 0. The maximum absolute atomic E-state index is 2.25. The van der Waals surface area contributed by atoms with Crippen molar-refractivity contribution in [2.24, 2.45) is 5.92 Å². The van der Waals surface area contributed by atoms with E-state index in [-0.39, 0.29) is 14.9 Å². The maximum atomic E-state index is 2.25. The highest BCUT2D eigenvalue weighted by molar-refractivity contribution is 4.38. The van der Waals surface area contributed by atoms with Crippen molar-refractivity contribution in [2.75, 3.05) is 0 Å². The Hall–Kier alpha value is 0. The second-order valence-corrected chi connectivity index (χ2v) is 2.18. The summed E-state index contributed by atoms with van der Waals surface area (Å²) in [5.74, 6) is 0.898. The summed E-state index contributed by atoms with van der Waals surface area (Å²) in [4.78, 5) is 0. The third-order valence-electron chi connectivity index (χ3n) is 0.866. The van der Waals surface area contributed by atoms with E-state index in [1.54, 1.807) is 0 Å². The third kappa shape index (κ3) is 16.7. The van der Waals surface area contributed by atoms with Gasteiger partial charge in [-0.2, -0.15) is 0 Å². The van der Waals surface area contributed by atoms with E-state index in [2.05, 4.69) is 20.8 Å². The Morgan fingerprint density at radius 1 is 1.12 bits per heavy atom. The molecule has 0 heteroatoms. The first kappa shape index (κ1) is 15.7. The smallest absolute Gasteiger partial charge is 0.0471 e. The van der Waals surface area contributed by atoms with Gasteiger partial charge in [0, 0.05) is 0 Å². The summed E-state index contributed by atoms with van der Waals surface area (Å²) < 4.78 is 0. The molecule has 0 aliphatic rings. The van der Waals surface area contributed by atoms with Crippen LogP contribution in [0.25, 0.3) is 0 Å². The quantitative estimate of drug-likeness (QED) is 0.518. The highest BCUT2D eigenvalue weighted by atomic mass is 13.9. The second-order valence-electron chi connectivity index (χ2n) is 2.18. The van der Waals surface area contributed by atoms with Crippen LogP contribution in [0.5, 0.6) is 0 Å². The molecule has 0 fully saturated rings. The van der Waals surface area contributed by atoms with Crippen molar-refractivity contribution < 1.29 is 0 Å². The van der Waals surface area contributed by atoms with Crippen molar-refractivity contribution in [3.8, 4) is 0 Å². The molecule has 0 rings (SSSR count). The molecule has 0 N–H and O–H groups in total. The van der Waals surface area contributed by atoms with E-state index >= 15 is 0 Å². The van der Waals surface area contributed by atoms with Crippen LogP contribution in [0.1, 0.15) is 48.5 Å². The van der Waals surface area contributed by atoms with Crippen LogP contribution in [0.3, 0.4) is 0 Å². The summed E-state index contributed by atoms with van der Waals surface area (Å²) in [7, 11) is 0. The van der Waals surface area contributed by atoms with E-state index in [1.807, 2.05) is 0 Å². The molecule has 0 aliphatic heterocycles. The Morgan fingerprint density at radius 2 is 1.50 bits per heavy atom. The fourth-order valence-corrected chi connectivity index (χ4v) is 0.577. The lowest BCUT2D eigenvalue weighted by molar-refractivity contribution is 0.576. The van der Waals surface area contributed by atoms with E-state index in [0.717, 1.165) is 5.92 Å². The normalized spacial score (nSPS) is 7.50. The molecule has 0 radical (unpaired) electrons. The van der Waals surface area contributed by atoms with Crippen molar-refractivity contribution in [1.29, 1.82) is 0 Å². The van der Waals surface area contributed by atoms with E-state index < -0.39 is 0 Å². The molecular weight excluding hydrogens is 96.1 g/mol. The molecule has 54 valence electrons. The van der Waals surface area contributed by atoms with Crippen molar-refractivity contribution in [1.82, 2.24) is 0 Å². The minimum atomic E-state index is 0. The largest absolute Gasteiger partial charge is 0.0776 e. The standard InChI is InChI=1S/C6H14.2CH4/c1-4-5-6(2)3;;/h6H,4-5H2,1-3H3;2*1H4. The minimum absolute atomic E-state index is 0. The van der Waals surface area contributed by atoms with Crippen LogP contribution in [0.15, 0.2) is 0 Å². The lowest BCUT2D eigenvalue weighted by atomic mass is 10.1. The van der Waals surface area contributed by atoms with Gasteiger partial charge in [0.1, 0.15) is 0 Å². The highest BCUT2D eigenvalue weighted by Crippen LogP contribution is 2.00. The fraction of sp³-hybridized carbons (Fsp3) is 1.00. The van der Waals surface area contributed by atoms with Crippen LogP contribution in [0.2, 0.25) is 0 Å². The zero-order valence-corrected chi connectivity index (χ0v) is 4.99. The molecule has 0 spiro atoms. The predicted molar refractivity (Wildman–Crippen MR) is 43.2 cm³/mol. The molecule has 0 amide bonds. The van der Waals surface area contributed by atoms with Gasteiger partial charge in [0.25, 0.3) is 0 Å². The van der Waals surface area contributed by atoms with Gasteiger partial charge in [0.05, 0.1) is 0 Å². The minimum Gasteiger partial charge on any atom is -0.0776 e. The Kier molecular flexibility index (Phi) is 19.8. The predicted octanol–water partition coefficient (Wildman–Crippen LogP) is 3.71. The average molecular weight is 118 g/mol. The maximum Gasteiger partial charge on any atom is -0.0471 e. The van der Waals surface area contributed by atoms with Gasteiger partial charge in [-0.1, -0.05) is 48.5 Å². The summed E-state index contributed by atoms with van der Waals surface area (Å²) in [6.07, 6.45) is 2.71. The van der Waals surface area contributed by atoms with E-state index in [1.165, 1.54) is 12.8 Å². The second kappa shape index (κ2) is 10.1. The molecular formula is C8H22. The first-order valence-corrected chi connectivity index (χ1v) is 2.77. The zero-order valence-electron chi connectivity index (χ0n) is 4.99. The molecule has 0 aromatic rings. The molecule has 0 aromatic carbocycles. The van der Waals surface area contributed by atoms with Gasteiger partial charge in [-0.15, -0.1) is 0 Å². The van der Waals surface area contributed by atoms with E-state index in [9.17, 15) is 0 Å². The lowest BCUT2D eigenvalue weighted by Gasteiger charge is -1.95. The van der Waals surface area contributed by atoms with E-state index in [0.29, 0.717) is 0 Å². The molecule has 0 unspecified atom stereocenters. The molecule has 0 bridgehead atoms. The highest BCUT2D eigenvalue weighted by Gasteiger charge is 1.85. The number of hydrogen-bond donors (Lipinski definition) is 0. The van der Waals surface area contributed by atoms with Gasteiger partial charge in [-0.3, -0.25) is 0 Å². The Labute approximate surface area is 55.3 Å². The SMILES string of the molecule is C.C.CCCC(C)C. The Morgan fingerprint density at radius 3 is 1.50 bits per heavy atom. The molecule has 0 atom stereocenters. The van der Waals surface area contributed by atoms with E-state index in [4.69, 9.17) is 0 Å². The molecule has 0 nitrogen and oxygen atoms in total. The third-order valence-corrected chi connectivity index (χ3v) is 0.866. The van der Waals surface area contributed by atoms with Gasteiger partial charge in [-0.25, -0.2) is 0 Å². The fourth-order valence-electron chi connectivity index (χ4n) is 0.577. The Balaban J connectivity index is -0.000000125. The van der Waals surface area contributed by atoms with Gasteiger partial charge < -0.3 is 0 Å². The van der Waals surface area contributed by atoms with Gasteiger partial charge >= 0.3 is 0 Å². The molecule has 0 aliphatic carbocycles. The topological polar surface area (TPSA) is 0 Å². The Bertz CT molecular complexity index is 21.2. The number of rotatable bonds is 2. The lowest BCUT2D eigenvalue weighted by Crippen LogP contribution is -1.81.